The summed E-state index contributed by atoms with van der Waals surface area (Å²) < 4.78 is 4.81. The predicted molar refractivity (Wildman–Crippen MR) is 56.5 cm³/mol. The molecule has 0 spiro atoms. The van der Waals surface area contributed by atoms with Gasteiger partial charge in [-0.1, -0.05) is 5.16 Å². The molecule has 1 heterocycles. The Hall–Kier alpha value is -1.43. The molecule has 0 aliphatic heterocycles. The van der Waals surface area contributed by atoms with Gasteiger partial charge in [0, 0.05) is 13.5 Å². The molecule has 2 N–H and O–H groups in total. The number of carbonyl (C=O) groups is 1. The Morgan fingerprint density at radius 1 is 1.56 bits per heavy atom. The average Bonchev–Trinajstić information content (AvgIpc) is 2.99. The van der Waals surface area contributed by atoms with Crippen LogP contribution in [0.25, 0.3) is 0 Å². The first-order valence-electron chi connectivity index (χ1n) is 5.50. The molecule has 1 fully saturated rings. The third-order valence-electron chi connectivity index (χ3n) is 2.42. The molecule has 0 unspecified atom stereocenters. The fourth-order valence-electron chi connectivity index (χ4n) is 1.34. The minimum atomic E-state index is 0.0205. The van der Waals surface area contributed by atoms with Gasteiger partial charge in [-0.2, -0.15) is 4.98 Å². The van der Waals surface area contributed by atoms with Gasteiger partial charge in [0.25, 0.3) is 0 Å². The molecule has 0 saturated heterocycles. The van der Waals surface area contributed by atoms with Crippen molar-refractivity contribution in [3.63, 3.8) is 0 Å². The van der Waals surface area contributed by atoms with E-state index in [1.807, 2.05) is 0 Å². The van der Waals surface area contributed by atoms with Crippen LogP contribution in [-0.2, 0) is 11.3 Å². The Balaban J connectivity index is 1.57. The molecule has 1 saturated carbocycles. The number of amides is 1. The van der Waals surface area contributed by atoms with Gasteiger partial charge in [-0.05, 0) is 18.8 Å². The topological polar surface area (TPSA) is 80.0 Å². The number of aromatic nitrogens is 2. The monoisotopic (exact) mass is 224 g/mol. The van der Waals surface area contributed by atoms with Crippen LogP contribution in [0.3, 0.4) is 0 Å². The Labute approximate surface area is 93.8 Å². The van der Waals surface area contributed by atoms with Crippen LogP contribution in [0, 0.1) is 12.8 Å². The molecule has 1 amide bonds. The second-order valence-electron chi connectivity index (χ2n) is 4.08. The van der Waals surface area contributed by atoms with Crippen molar-refractivity contribution in [2.75, 3.05) is 13.1 Å². The zero-order chi connectivity index (χ0) is 11.4. The summed E-state index contributed by atoms with van der Waals surface area (Å²) in [6, 6.07) is 0. The fourth-order valence-corrected chi connectivity index (χ4v) is 1.34. The summed E-state index contributed by atoms with van der Waals surface area (Å²) >= 11 is 0. The van der Waals surface area contributed by atoms with E-state index in [0.717, 1.165) is 6.54 Å². The van der Waals surface area contributed by atoms with Crippen molar-refractivity contribution in [2.24, 2.45) is 5.92 Å². The standard InChI is InChI=1S/C10H16N4O2/c1-7-13-9(14-16-7)5-11-6-10(15)12-4-8-2-3-8/h8,11H,2-6H2,1H3,(H,12,15). The summed E-state index contributed by atoms with van der Waals surface area (Å²) in [5.41, 5.74) is 0. The van der Waals surface area contributed by atoms with Gasteiger partial charge in [0.05, 0.1) is 13.1 Å². The van der Waals surface area contributed by atoms with E-state index in [9.17, 15) is 4.79 Å². The Kier molecular flexibility index (Phi) is 3.51. The van der Waals surface area contributed by atoms with Crippen LogP contribution in [0.2, 0.25) is 0 Å². The Morgan fingerprint density at radius 2 is 2.38 bits per heavy atom. The Bertz CT molecular complexity index is 359. The minimum absolute atomic E-state index is 0.0205. The minimum Gasteiger partial charge on any atom is -0.355 e. The molecule has 0 atom stereocenters. The molecule has 6 nitrogen and oxygen atoms in total. The smallest absolute Gasteiger partial charge is 0.233 e. The Morgan fingerprint density at radius 3 is 3.00 bits per heavy atom. The van der Waals surface area contributed by atoms with Crippen LogP contribution in [0.15, 0.2) is 4.52 Å². The van der Waals surface area contributed by atoms with Crippen LogP contribution in [0.1, 0.15) is 24.6 Å². The number of rotatable bonds is 6. The number of hydrogen-bond donors (Lipinski definition) is 2. The van der Waals surface area contributed by atoms with Gasteiger partial charge < -0.3 is 15.2 Å². The lowest BCUT2D eigenvalue weighted by atomic mass is 10.4. The number of hydrogen-bond acceptors (Lipinski definition) is 5. The molecule has 88 valence electrons. The van der Waals surface area contributed by atoms with Gasteiger partial charge in [-0.15, -0.1) is 0 Å². The van der Waals surface area contributed by atoms with Gasteiger partial charge in [0.15, 0.2) is 5.82 Å². The SMILES string of the molecule is Cc1nc(CNCC(=O)NCC2CC2)no1. The average molecular weight is 224 g/mol. The second kappa shape index (κ2) is 5.07. The van der Waals surface area contributed by atoms with Crippen LogP contribution in [0.4, 0.5) is 0 Å². The number of carbonyl (C=O) groups excluding carboxylic acids is 1. The largest absolute Gasteiger partial charge is 0.355 e. The molecule has 0 bridgehead atoms. The van der Waals surface area contributed by atoms with Gasteiger partial charge >= 0.3 is 0 Å². The van der Waals surface area contributed by atoms with E-state index in [1.54, 1.807) is 6.92 Å². The van der Waals surface area contributed by atoms with Gasteiger partial charge in [-0.25, -0.2) is 0 Å². The summed E-state index contributed by atoms with van der Waals surface area (Å²) in [4.78, 5) is 15.4. The highest BCUT2D eigenvalue weighted by Gasteiger charge is 2.21. The molecule has 16 heavy (non-hydrogen) atoms. The van der Waals surface area contributed by atoms with Crippen molar-refractivity contribution in [1.29, 1.82) is 0 Å². The molecule has 1 aromatic heterocycles. The van der Waals surface area contributed by atoms with Crippen molar-refractivity contribution >= 4 is 5.91 Å². The molecular weight excluding hydrogens is 208 g/mol. The summed E-state index contributed by atoms with van der Waals surface area (Å²) in [5.74, 6) is 1.85. The maximum atomic E-state index is 11.3. The van der Waals surface area contributed by atoms with E-state index < -0.39 is 0 Å². The zero-order valence-electron chi connectivity index (χ0n) is 9.32. The van der Waals surface area contributed by atoms with E-state index in [-0.39, 0.29) is 5.91 Å². The van der Waals surface area contributed by atoms with Gasteiger partial charge in [-0.3, -0.25) is 4.79 Å². The van der Waals surface area contributed by atoms with Gasteiger partial charge in [0.1, 0.15) is 0 Å². The summed E-state index contributed by atoms with van der Waals surface area (Å²) in [7, 11) is 0. The van der Waals surface area contributed by atoms with Crippen molar-refractivity contribution in [1.82, 2.24) is 20.8 Å². The summed E-state index contributed by atoms with van der Waals surface area (Å²) in [5, 5.41) is 9.55. The second-order valence-corrected chi connectivity index (χ2v) is 4.08. The van der Waals surface area contributed by atoms with Crippen LogP contribution >= 0.6 is 0 Å². The molecule has 2 rings (SSSR count). The first-order chi connectivity index (χ1) is 7.74. The molecule has 1 aromatic rings. The maximum Gasteiger partial charge on any atom is 0.233 e. The maximum absolute atomic E-state index is 11.3. The van der Waals surface area contributed by atoms with E-state index in [1.165, 1.54) is 12.8 Å². The highest BCUT2D eigenvalue weighted by Crippen LogP contribution is 2.27. The lowest BCUT2D eigenvalue weighted by molar-refractivity contribution is -0.120. The lowest BCUT2D eigenvalue weighted by Gasteiger charge is -2.03. The quantitative estimate of drug-likeness (QED) is 0.710. The lowest BCUT2D eigenvalue weighted by Crippen LogP contribution is -2.34. The molecule has 0 aromatic carbocycles. The summed E-state index contributed by atoms with van der Waals surface area (Å²) in [6.45, 7) is 3.29. The first-order valence-corrected chi connectivity index (χ1v) is 5.50. The third-order valence-corrected chi connectivity index (χ3v) is 2.42. The van der Waals surface area contributed by atoms with E-state index in [4.69, 9.17) is 4.52 Å². The van der Waals surface area contributed by atoms with Crippen LogP contribution < -0.4 is 10.6 Å². The number of aryl methyl sites for hydroxylation is 1. The third kappa shape index (κ3) is 3.62. The van der Waals surface area contributed by atoms with E-state index in [2.05, 4.69) is 20.8 Å². The van der Waals surface area contributed by atoms with Gasteiger partial charge in [0.2, 0.25) is 11.8 Å². The van der Waals surface area contributed by atoms with Crippen molar-refractivity contribution in [3.05, 3.63) is 11.7 Å². The molecule has 0 radical (unpaired) electrons. The highest BCUT2D eigenvalue weighted by molar-refractivity contribution is 5.77. The number of nitrogens with one attached hydrogen (secondary N) is 2. The summed E-state index contributed by atoms with van der Waals surface area (Å²) in [6.07, 6.45) is 2.49. The normalized spacial score (nSPS) is 15.1. The van der Waals surface area contributed by atoms with Crippen molar-refractivity contribution < 1.29 is 9.32 Å². The van der Waals surface area contributed by atoms with Crippen molar-refractivity contribution in [2.45, 2.75) is 26.3 Å². The molecule has 1 aliphatic carbocycles. The molecule has 1 aliphatic rings. The van der Waals surface area contributed by atoms with E-state index in [0.29, 0.717) is 30.7 Å². The van der Waals surface area contributed by atoms with E-state index >= 15 is 0 Å². The molecule has 6 heteroatoms. The molecular formula is C10H16N4O2. The predicted octanol–water partition coefficient (Wildman–Crippen LogP) is -0.00618. The number of nitrogens with zero attached hydrogens (tertiary/aromatic N) is 2. The first kappa shape index (κ1) is 11.1. The zero-order valence-corrected chi connectivity index (χ0v) is 9.32. The fraction of sp³-hybridized carbons (Fsp3) is 0.700. The van der Waals surface area contributed by atoms with Crippen LogP contribution in [-0.4, -0.2) is 29.1 Å². The van der Waals surface area contributed by atoms with Crippen LogP contribution in [0.5, 0.6) is 0 Å². The van der Waals surface area contributed by atoms with Crippen molar-refractivity contribution in [3.8, 4) is 0 Å². The highest BCUT2D eigenvalue weighted by atomic mass is 16.5.